The summed E-state index contributed by atoms with van der Waals surface area (Å²) in [5.74, 6) is 2.15. The second kappa shape index (κ2) is 6.20. The van der Waals surface area contributed by atoms with Crippen LogP contribution in [0.5, 0.6) is 5.75 Å². The van der Waals surface area contributed by atoms with E-state index in [9.17, 15) is 0 Å². The quantitative estimate of drug-likeness (QED) is 0.481. The lowest BCUT2D eigenvalue weighted by atomic mass is 10.00. The minimum atomic E-state index is 0.957. The largest absolute Gasteiger partial charge is 0.496 e. The van der Waals surface area contributed by atoms with Gasteiger partial charge in [-0.05, 0) is 55.7 Å². The van der Waals surface area contributed by atoms with E-state index in [-0.39, 0.29) is 0 Å². The molecule has 1 aliphatic heterocycles. The number of nitrogens with zero attached hydrogens (tertiary/aromatic N) is 3. The van der Waals surface area contributed by atoms with Crippen LogP contribution in [-0.4, -0.2) is 21.6 Å². The van der Waals surface area contributed by atoms with Gasteiger partial charge in [-0.2, -0.15) is 0 Å². The summed E-state index contributed by atoms with van der Waals surface area (Å²) in [5, 5.41) is 0. The van der Waals surface area contributed by atoms with Gasteiger partial charge in [0, 0.05) is 24.1 Å². The van der Waals surface area contributed by atoms with Crippen LogP contribution in [0.1, 0.15) is 23.4 Å². The van der Waals surface area contributed by atoms with E-state index >= 15 is 0 Å². The van der Waals surface area contributed by atoms with Crippen LogP contribution < -0.4 is 4.74 Å². The molecule has 0 unspecified atom stereocenters. The van der Waals surface area contributed by atoms with Gasteiger partial charge >= 0.3 is 0 Å². The smallest absolute Gasteiger partial charge is 0.124 e. The molecule has 0 saturated carbocycles. The molecular formula is C22H21N3OS. The van der Waals surface area contributed by atoms with Gasteiger partial charge in [0.25, 0.3) is 0 Å². The molecule has 0 spiro atoms. The molecule has 0 radical (unpaired) electrons. The standard InChI is InChI=1S/C22H21N3OS/c1-13-9-16(10-14(2)22(13)26-3)20-21(25-8-4-5-19(25)24-20)15-6-7-17-18(11-15)27-12-23-17/h6-7,9-12H,4-5,8H2,1-3H3. The molecule has 5 rings (SSSR count). The number of hydrogen-bond donors (Lipinski definition) is 0. The van der Waals surface area contributed by atoms with Gasteiger partial charge in [-0.3, -0.25) is 0 Å². The van der Waals surface area contributed by atoms with Crippen molar-refractivity contribution in [2.75, 3.05) is 7.11 Å². The summed E-state index contributed by atoms with van der Waals surface area (Å²) >= 11 is 1.69. The van der Waals surface area contributed by atoms with E-state index in [2.05, 4.69) is 53.7 Å². The third-order valence-electron chi connectivity index (χ3n) is 5.37. The molecule has 4 nitrogen and oxygen atoms in total. The van der Waals surface area contributed by atoms with Gasteiger partial charge in [0.2, 0.25) is 0 Å². The van der Waals surface area contributed by atoms with Crippen LogP contribution in [0, 0.1) is 13.8 Å². The Morgan fingerprint density at radius 3 is 2.67 bits per heavy atom. The molecule has 27 heavy (non-hydrogen) atoms. The molecule has 0 N–H and O–H groups in total. The van der Waals surface area contributed by atoms with Crippen LogP contribution in [-0.2, 0) is 13.0 Å². The van der Waals surface area contributed by atoms with Crippen molar-refractivity contribution >= 4 is 21.6 Å². The summed E-state index contributed by atoms with van der Waals surface area (Å²) in [6.45, 7) is 5.23. The predicted octanol–water partition coefficient (Wildman–Crippen LogP) is 5.40. The van der Waals surface area contributed by atoms with Crippen molar-refractivity contribution in [2.24, 2.45) is 0 Å². The number of thiazole rings is 1. The summed E-state index contributed by atoms with van der Waals surface area (Å²) in [5.41, 5.74) is 9.92. The number of ether oxygens (including phenoxy) is 1. The van der Waals surface area contributed by atoms with Crippen molar-refractivity contribution in [2.45, 2.75) is 33.2 Å². The zero-order valence-corrected chi connectivity index (χ0v) is 16.6. The number of fused-ring (bicyclic) bond motifs is 2. The molecule has 0 aliphatic carbocycles. The predicted molar refractivity (Wildman–Crippen MR) is 111 cm³/mol. The van der Waals surface area contributed by atoms with Crippen LogP contribution in [0.15, 0.2) is 35.8 Å². The first-order valence-electron chi connectivity index (χ1n) is 9.24. The Labute approximate surface area is 162 Å². The van der Waals surface area contributed by atoms with Gasteiger partial charge in [0.05, 0.1) is 34.2 Å². The van der Waals surface area contributed by atoms with Crippen molar-refractivity contribution in [1.29, 1.82) is 0 Å². The second-order valence-corrected chi connectivity index (χ2v) is 8.04. The highest BCUT2D eigenvalue weighted by molar-refractivity contribution is 7.16. The molecule has 1 aliphatic rings. The van der Waals surface area contributed by atoms with Crippen molar-refractivity contribution in [3.05, 3.63) is 52.8 Å². The number of methoxy groups -OCH3 is 1. The van der Waals surface area contributed by atoms with E-state index in [1.165, 1.54) is 28.2 Å². The van der Waals surface area contributed by atoms with Gasteiger partial charge in [0.15, 0.2) is 0 Å². The molecule has 0 fully saturated rings. The summed E-state index contributed by atoms with van der Waals surface area (Å²) in [4.78, 5) is 9.47. The second-order valence-electron chi connectivity index (χ2n) is 7.16. The van der Waals surface area contributed by atoms with Gasteiger partial charge in [-0.1, -0.05) is 6.07 Å². The summed E-state index contributed by atoms with van der Waals surface area (Å²) < 4.78 is 9.16. The van der Waals surface area contributed by atoms with Crippen LogP contribution in [0.25, 0.3) is 32.7 Å². The lowest BCUT2D eigenvalue weighted by molar-refractivity contribution is 0.408. The topological polar surface area (TPSA) is 39.9 Å². The van der Waals surface area contributed by atoms with Crippen molar-refractivity contribution in [3.63, 3.8) is 0 Å². The lowest BCUT2D eigenvalue weighted by Gasteiger charge is -2.13. The van der Waals surface area contributed by atoms with E-state index in [1.807, 2.05) is 5.51 Å². The van der Waals surface area contributed by atoms with Gasteiger partial charge in [-0.25, -0.2) is 9.97 Å². The highest BCUT2D eigenvalue weighted by Crippen LogP contribution is 2.39. The van der Waals surface area contributed by atoms with E-state index in [1.54, 1.807) is 18.4 Å². The number of hydrogen-bond acceptors (Lipinski definition) is 4. The molecule has 0 bridgehead atoms. The Bertz CT molecular complexity index is 1150. The number of rotatable bonds is 3. The molecule has 0 amide bonds. The van der Waals surface area contributed by atoms with Crippen molar-refractivity contribution in [3.8, 4) is 28.3 Å². The average molecular weight is 375 g/mol. The first-order valence-corrected chi connectivity index (χ1v) is 10.1. The first kappa shape index (κ1) is 16.5. The van der Waals surface area contributed by atoms with E-state index < -0.39 is 0 Å². The van der Waals surface area contributed by atoms with E-state index in [0.29, 0.717) is 0 Å². The molecule has 136 valence electrons. The third-order valence-corrected chi connectivity index (χ3v) is 6.16. The fraction of sp³-hybridized carbons (Fsp3) is 0.273. The number of aryl methyl sites for hydroxylation is 3. The Balaban J connectivity index is 1.74. The van der Waals surface area contributed by atoms with Crippen LogP contribution in [0.4, 0.5) is 0 Å². The van der Waals surface area contributed by atoms with Crippen molar-refractivity contribution in [1.82, 2.24) is 14.5 Å². The first-order chi connectivity index (χ1) is 13.2. The molecule has 5 heteroatoms. The highest BCUT2D eigenvalue weighted by atomic mass is 32.1. The molecule has 2 aromatic heterocycles. The minimum absolute atomic E-state index is 0.957. The fourth-order valence-corrected chi connectivity index (χ4v) is 4.95. The van der Waals surface area contributed by atoms with Crippen LogP contribution in [0.2, 0.25) is 0 Å². The van der Waals surface area contributed by atoms with Crippen molar-refractivity contribution < 1.29 is 4.74 Å². The monoisotopic (exact) mass is 375 g/mol. The van der Waals surface area contributed by atoms with E-state index in [0.717, 1.165) is 46.6 Å². The van der Waals surface area contributed by atoms with Crippen LogP contribution in [0.3, 0.4) is 0 Å². The molecule has 2 aromatic carbocycles. The number of benzene rings is 2. The fourth-order valence-electron chi connectivity index (χ4n) is 4.23. The molecule has 0 saturated heterocycles. The Morgan fingerprint density at radius 2 is 1.89 bits per heavy atom. The van der Waals surface area contributed by atoms with E-state index in [4.69, 9.17) is 9.72 Å². The van der Waals surface area contributed by atoms with Gasteiger partial charge < -0.3 is 9.30 Å². The van der Waals surface area contributed by atoms with Crippen LogP contribution >= 0.6 is 11.3 Å². The average Bonchev–Trinajstić information content (AvgIpc) is 3.36. The minimum Gasteiger partial charge on any atom is -0.496 e. The lowest BCUT2D eigenvalue weighted by Crippen LogP contribution is -1.97. The van der Waals surface area contributed by atoms with Gasteiger partial charge in [0.1, 0.15) is 11.6 Å². The maximum atomic E-state index is 5.55. The summed E-state index contributed by atoms with van der Waals surface area (Å²) in [6, 6.07) is 10.9. The molecular weight excluding hydrogens is 354 g/mol. The van der Waals surface area contributed by atoms with Gasteiger partial charge in [-0.15, -0.1) is 11.3 Å². The molecule has 0 atom stereocenters. The summed E-state index contributed by atoms with van der Waals surface area (Å²) in [6.07, 6.45) is 2.21. The Kier molecular flexibility index (Phi) is 3.79. The zero-order valence-electron chi connectivity index (χ0n) is 15.7. The maximum Gasteiger partial charge on any atom is 0.124 e. The normalized spacial score (nSPS) is 13.3. The Hall–Kier alpha value is -2.66. The molecule has 3 heterocycles. The maximum absolute atomic E-state index is 5.55. The zero-order chi connectivity index (χ0) is 18.5. The Morgan fingerprint density at radius 1 is 1.07 bits per heavy atom. The molecule has 4 aromatic rings. The number of imidazole rings is 1. The SMILES string of the molecule is COc1c(C)cc(-c2nc3n(c2-c2ccc4ncsc4c2)CCC3)cc1C. The summed E-state index contributed by atoms with van der Waals surface area (Å²) in [7, 11) is 1.73. The highest BCUT2D eigenvalue weighted by Gasteiger charge is 2.24. The third kappa shape index (κ3) is 2.57. The number of aromatic nitrogens is 3.